The van der Waals surface area contributed by atoms with Crippen LogP contribution in [0, 0.1) is 0 Å². The van der Waals surface area contributed by atoms with E-state index in [1.165, 1.54) is 0 Å². The van der Waals surface area contributed by atoms with E-state index in [1.807, 2.05) is 54.6 Å². The third-order valence-electron chi connectivity index (χ3n) is 11.7. The number of aromatic nitrogens is 4. The van der Waals surface area contributed by atoms with Gasteiger partial charge in [0.25, 0.3) is 0 Å². The number of rotatable bonds is 6. The van der Waals surface area contributed by atoms with Gasteiger partial charge in [0.05, 0.1) is 11.2 Å². The molecule has 61 heavy (non-hydrogen) atoms. The van der Waals surface area contributed by atoms with Gasteiger partial charge in [-0.15, -0.1) is 0 Å². The molecule has 0 N–H and O–H groups in total. The minimum atomic E-state index is 0.612. The van der Waals surface area contributed by atoms with Crippen molar-refractivity contribution in [1.29, 1.82) is 0 Å². The second kappa shape index (κ2) is 14.2. The van der Waals surface area contributed by atoms with Gasteiger partial charge in [0.1, 0.15) is 11.2 Å². The van der Waals surface area contributed by atoms with Crippen molar-refractivity contribution in [2.24, 2.45) is 0 Å². The molecule has 0 radical (unpaired) electrons. The summed E-state index contributed by atoms with van der Waals surface area (Å²) in [5.41, 5.74) is 11.9. The molecule has 284 valence electrons. The van der Waals surface area contributed by atoms with Gasteiger partial charge < -0.3 is 4.42 Å². The molecule has 0 unspecified atom stereocenters. The molecule has 5 heteroatoms. The maximum absolute atomic E-state index is 6.44. The lowest BCUT2D eigenvalue weighted by molar-refractivity contribution is 0.669. The summed E-state index contributed by atoms with van der Waals surface area (Å²) < 4.78 is 6.44. The van der Waals surface area contributed by atoms with E-state index in [-0.39, 0.29) is 0 Å². The highest BCUT2D eigenvalue weighted by Gasteiger charge is 2.21. The van der Waals surface area contributed by atoms with Crippen molar-refractivity contribution < 1.29 is 4.42 Å². The molecule has 0 aliphatic rings. The SMILES string of the molecule is c1ccc(-c2ccc(-c3nc(-c4ccccc4)nc(-c4ccc(-c5cccc6c5nc(-c5ccccc5)c5ccc7oc8ccccc8c7c56)c5ccccc45)n3)cc2)cc1. The van der Waals surface area contributed by atoms with E-state index in [9.17, 15) is 0 Å². The number of para-hydroxylation sites is 2. The Labute approximate surface area is 351 Å². The molecule has 0 fully saturated rings. The molecule has 0 aliphatic heterocycles. The second-order valence-electron chi connectivity index (χ2n) is 15.3. The van der Waals surface area contributed by atoms with Gasteiger partial charge in [-0.2, -0.15) is 0 Å². The maximum Gasteiger partial charge on any atom is 0.164 e. The lowest BCUT2D eigenvalue weighted by Crippen LogP contribution is -2.01. The summed E-state index contributed by atoms with van der Waals surface area (Å²) >= 11 is 0. The molecular weight excluding hydrogens is 745 g/mol. The standard InChI is InChI=1S/C56H34N4O/c1-4-15-35(16-5-1)36-27-29-39(30-28-36)55-58-54(38-19-8-3-9-20-38)59-56(60-55)44-32-31-42(40-21-10-11-22-41(40)44)43-24-14-25-46-50-47(52(57-53(43)46)37-17-6-2-7-18-37)33-34-49-51(50)45-23-12-13-26-48(45)61-49/h1-34H. The normalized spacial score (nSPS) is 11.6. The summed E-state index contributed by atoms with van der Waals surface area (Å²) in [5, 5.41) is 7.61. The summed E-state index contributed by atoms with van der Waals surface area (Å²) in [6, 6.07) is 71.5. The molecule has 9 aromatic carbocycles. The third-order valence-corrected chi connectivity index (χ3v) is 11.7. The van der Waals surface area contributed by atoms with Crippen LogP contribution in [0.25, 0.3) is 122 Å². The highest BCUT2D eigenvalue weighted by atomic mass is 16.3. The van der Waals surface area contributed by atoms with E-state index in [4.69, 9.17) is 24.4 Å². The largest absolute Gasteiger partial charge is 0.456 e. The molecule has 5 nitrogen and oxygen atoms in total. The van der Waals surface area contributed by atoms with E-state index in [1.54, 1.807) is 0 Å². The number of furan rings is 1. The van der Waals surface area contributed by atoms with Gasteiger partial charge in [0.15, 0.2) is 17.5 Å². The number of nitrogens with zero attached hydrogens (tertiary/aromatic N) is 4. The summed E-state index contributed by atoms with van der Waals surface area (Å²) in [7, 11) is 0. The van der Waals surface area contributed by atoms with Gasteiger partial charge in [-0.05, 0) is 51.7 Å². The van der Waals surface area contributed by atoms with Gasteiger partial charge in [-0.1, -0.05) is 182 Å². The van der Waals surface area contributed by atoms with Crippen molar-refractivity contribution in [1.82, 2.24) is 19.9 Å². The molecule has 12 aromatic rings. The second-order valence-corrected chi connectivity index (χ2v) is 15.3. The van der Waals surface area contributed by atoms with Crippen molar-refractivity contribution in [2.45, 2.75) is 0 Å². The van der Waals surface area contributed by atoms with Crippen LogP contribution in [0.4, 0.5) is 0 Å². The van der Waals surface area contributed by atoms with Crippen molar-refractivity contribution in [3.8, 4) is 67.7 Å². The van der Waals surface area contributed by atoms with Gasteiger partial charge in [0, 0.05) is 54.7 Å². The Kier molecular flexibility index (Phi) is 8.10. The van der Waals surface area contributed by atoms with E-state index in [2.05, 4.69) is 152 Å². The van der Waals surface area contributed by atoms with Gasteiger partial charge in [-0.25, -0.2) is 19.9 Å². The molecule has 3 aromatic heterocycles. The fraction of sp³-hybridized carbons (Fsp3) is 0. The first-order chi connectivity index (χ1) is 30.2. The monoisotopic (exact) mass is 778 g/mol. The topological polar surface area (TPSA) is 64.7 Å². The lowest BCUT2D eigenvalue weighted by Gasteiger charge is -2.16. The zero-order valence-corrected chi connectivity index (χ0v) is 32.8. The smallest absolute Gasteiger partial charge is 0.164 e. The summed E-state index contributed by atoms with van der Waals surface area (Å²) in [6.45, 7) is 0. The Bertz CT molecular complexity index is 3620. The average Bonchev–Trinajstić information content (AvgIpc) is 3.73. The minimum Gasteiger partial charge on any atom is -0.456 e. The highest BCUT2D eigenvalue weighted by molar-refractivity contribution is 6.29. The van der Waals surface area contributed by atoms with Crippen molar-refractivity contribution >= 4 is 54.4 Å². The molecule has 0 saturated heterocycles. The predicted octanol–water partition coefficient (Wildman–Crippen LogP) is 14.6. The Morgan fingerprint density at radius 3 is 1.51 bits per heavy atom. The molecule has 0 atom stereocenters. The Morgan fingerprint density at radius 1 is 0.262 bits per heavy atom. The van der Waals surface area contributed by atoms with Crippen molar-refractivity contribution in [2.75, 3.05) is 0 Å². The fourth-order valence-electron chi connectivity index (χ4n) is 8.88. The quantitative estimate of drug-likeness (QED) is 0.157. The molecular formula is C56H34N4O. The van der Waals surface area contributed by atoms with Crippen LogP contribution < -0.4 is 0 Å². The molecule has 0 spiro atoms. The van der Waals surface area contributed by atoms with E-state index < -0.39 is 0 Å². The average molecular weight is 779 g/mol. The number of benzene rings is 9. The fourth-order valence-corrected chi connectivity index (χ4v) is 8.88. The van der Waals surface area contributed by atoms with E-state index in [0.29, 0.717) is 17.5 Å². The van der Waals surface area contributed by atoms with Crippen LogP contribution >= 0.6 is 0 Å². The van der Waals surface area contributed by atoms with Crippen LogP contribution in [0.2, 0.25) is 0 Å². The summed E-state index contributed by atoms with van der Waals surface area (Å²) in [4.78, 5) is 20.9. The van der Waals surface area contributed by atoms with Crippen LogP contribution in [0.5, 0.6) is 0 Å². The van der Waals surface area contributed by atoms with Crippen LogP contribution in [-0.2, 0) is 0 Å². The van der Waals surface area contributed by atoms with Crippen molar-refractivity contribution in [3.63, 3.8) is 0 Å². The number of hydrogen-bond donors (Lipinski definition) is 0. The first kappa shape index (κ1) is 34.7. The van der Waals surface area contributed by atoms with Crippen molar-refractivity contribution in [3.05, 3.63) is 206 Å². The van der Waals surface area contributed by atoms with Gasteiger partial charge in [-0.3, -0.25) is 0 Å². The Hall–Kier alpha value is -8.28. The van der Waals surface area contributed by atoms with Crippen LogP contribution in [0.1, 0.15) is 0 Å². The van der Waals surface area contributed by atoms with E-state index >= 15 is 0 Å². The Morgan fingerprint density at radius 2 is 0.787 bits per heavy atom. The molecule has 0 aliphatic carbocycles. The van der Waals surface area contributed by atoms with Crippen LogP contribution in [0.3, 0.4) is 0 Å². The highest BCUT2D eigenvalue weighted by Crippen LogP contribution is 2.44. The zero-order chi connectivity index (χ0) is 40.3. The molecule has 0 amide bonds. The zero-order valence-electron chi connectivity index (χ0n) is 32.8. The van der Waals surface area contributed by atoms with Crippen LogP contribution in [0.15, 0.2) is 211 Å². The lowest BCUT2D eigenvalue weighted by atomic mass is 9.90. The number of fused-ring (bicyclic) bond motifs is 8. The summed E-state index contributed by atoms with van der Waals surface area (Å²) in [5.74, 6) is 1.85. The number of hydrogen-bond acceptors (Lipinski definition) is 5. The molecule has 3 heterocycles. The first-order valence-electron chi connectivity index (χ1n) is 20.5. The third kappa shape index (κ3) is 5.86. The van der Waals surface area contributed by atoms with Gasteiger partial charge in [0.2, 0.25) is 0 Å². The number of pyridine rings is 1. The Balaban J connectivity index is 1.08. The molecule has 0 bridgehead atoms. The first-order valence-corrected chi connectivity index (χ1v) is 20.5. The van der Waals surface area contributed by atoms with E-state index in [0.717, 1.165) is 105 Å². The van der Waals surface area contributed by atoms with Gasteiger partial charge >= 0.3 is 0 Å². The predicted molar refractivity (Wildman–Crippen MR) is 250 cm³/mol. The molecule has 12 rings (SSSR count). The maximum atomic E-state index is 6.44. The summed E-state index contributed by atoms with van der Waals surface area (Å²) in [6.07, 6.45) is 0. The molecule has 0 saturated carbocycles. The minimum absolute atomic E-state index is 0.612. The van der Waals surface area contributed by atoms with Crippen LogP contribution in [-0.4, -0.2) is 19.9 Å².